The zero-order valence-electron chi connectivity index (χ0n) is 28.2. The molecule has 0 fully saturated rings. The van der Waals surface area contributed by atoms with Gasteiger partial charge in [-0.25, -0.2) is 0 Å². The van der Waals surface area contributed by atoms with Crippen LogP contribution in [-0.4, -0.2) is 10.2 Å². The molecule has 11 aromatic rings. The minimum atomic E-state index is 0.628. The lowest BCUT2D eigenvalue weighted by molar-refractivity contribution is 0.667. The largest absolute Gasteiger partial charge is 0.456 e. The summed E-state index contributed by atoms with van der Waals surface area (Å²) >= 11 is 0. The summed E-state index contributed by atoms with van der Waals surface area (Å²) in [5, 5.41) is 14.7. The van der Waals surface area contributed by atoms with Gasteiger partial charge in [0.1, 0.15) is 33.4 Å². The van der Waals surface area contributed by atoms with Crippen LogP contribution in [0.25, 0.3) is 65.9 Å². The van der Waals surface area contributed by atoms with Gasteiger partial charge in [-0.3, -0.25) is 4.90 Å². The monoisotopic (exact) mass is 684 g/mol. The first-order valence-electron chi connectivity index (χ1n) is 17.5. The van der Waals surface area contributed by atoms with E-state index in [-0.39, 0.29) is 0 Å². The molecular formula is C46H28N4O3. The fourth-order valence-corrected chi connectivity index (χ4v) is 7.51. The number of rotatable bonds is 6. The van der Waals surface area contributed by atoms with Crippen molar-refractivity contribution in [2.24, 2.45) is 0 Å². The van der Waals surface area contributed by atoms with Crippen molar-refractivity contribution in [1.29, 1.82) is 0 Å². The summed E-state index contributed by atoms with van der Waals surface area (Å²) in [6.45, 7) is 0. The van der Waals surface area contributed by atoms with Crippen LogP contribution in [0, 0.1) is 0 Å². The summed E-state index contributed by atoms with van der Waals surface area (Å²) in [5.74, 6) is 0.628. The number of aromatic nitrogens is 2. The van der Waals surface area contributed by atoms with Gasteiger partial charge in [0.2, 0.25) is 0 Å². The molecule has 0 saturated carbocycles. The maximum Gasteiger partial charge on any atom is 0.164 e. The fraction of sp³-hybridized carbons (Fsp3) is 0. The summed E-state index contributed by atoms with van der Waals surface area (Å²) in [6.07, 6.45) is 0. The Balaban J connectivity index is 1.03. The van der Waals surface area contributed by atoms with E-state index in [2.05, 4.69) is 101 Å². The molecule has 0 unspecified atom stereocenters. The van der Waals surface area contributed by atoms with Crippen LogP contribution in [0.1, 0.15) is 0 Å². The van der Waals surface area contributed by atoms with Gasteiger partial charge in [0.15, 0.2) is 11.4 Å². The molecule has 0 aliphatic rings. The van der Waals surface area contributed by atoms with Crippen molar-refractivity contribution in [2.45, 2.75) is 0 Å². The van der Waals surface area contributed by atoms with Crippen LogP contribution in [0.5, 0.6) is 0 Å². The molecule has 7 nitrogen and oxygen atoms in total. The lowest BCUT2D eigenvalue weighted by atomic mass is 10.1. The number of furan rings is 3. The van der Waals surface area contributed by atoms with Gasteiger partial charge >= 0.3 is 0 Å². The number of para-hydroxylation sites is 4. The minimum Gasteiger partial charge on any atom is -0.456 e. The Morgan fingerprint density at radius 1 is 0.302 bits per heavy atom. The van der Waals surface area contributed by atoms with Crippen LogP contribution in [0.15, 0.2) is 183 Å². The number of hydrogen-bond acceptors (Lipinski definition) is 7. The van der Waals surface area contributed by atoms with Crippen molar-refractivity contribution >= 4 is 100 Å². The zero-order valence-corrected chi connectivity index (χ0v) is 28.2. The van der Waals surface area contributed by atoms with Crippen molar-refractivity contribution in [2.75, 3.05) is 9.80 Å². The lowest BCUT2D eigenvalue weighted by Crippen LogP contribution is -2.12. The van der Waals surface area contributed by atoms with Crippen molar-refractivity contribution in [3.63, 3.8) is 0 Å². The van der Waals surface area contributed by atoms with Crippen molar-refractivity contribution in [3.05, 3.63) is 170 Å². The number of benzene rings is 7. The molecule has 7 aromatic carbocycles. The van der Waals surface area contributed by atoms with Crippen molar-refractivity contribution in [3.8, 4) is 0 Å². The van der Waals surface area contributed by atoms with Gasteiger partial charge in [-0.05, 0) is 72.8 Å². The third-order valence-electron chi connectivity index (χ3n) is 9.94. The quantitative estimate of drug-likeness (QED) is 0.173. The van der Waals surface area contributed by atoms with Crippen molar-refractivity contribution < 1.29 is 13.3 Å². The highest BCUT2D eigenvalue weighted by Crippen LogP contribution is 2.42. The summed E-state index contributed by atoms with van der Waals surface area (Å²) in [4.78, 5) is 4.28. The molecule has 0 bridgehead atoms. The topological polar surface area (TPSA) is 71.7 Å². The van der Waals surface area contributed by atoms with Crippen LogP contribution in [-0.2, 0) is 0 Å². The second-order valence-electron chi connectivity index (χ2n) is 13.1. The molecule has 250 valence electrons. The zero-order chi connectivity index (χ0) is 34.9. The normalized spacial score (nSPS) is 11.8. The molecule has 0 spiro atoms. The van der Waals surface area contributed by atoms with Gasteiger partial charge in [-0.2, -0.15) is 0 Å². The predicted octanol–water partition coefficient (Wildman–Crippen LogP) is 13.1. The molecule has 0 saturated heterocycles. The molecule has 0 N–H and O–H groups in total. The second-order valence-corrected chi connectivity index (χ2v) is 13.1. The minimum absolute atomic E-state index is 0.628. The SMILES string of the molecule is c1ccc(N(c2ccc3c(c2)oc2ccccc23)c2ccc3c(c2)oc2cc(N(c4ccccc4)c4ccc5c(c4)oc4ccccc45)nnc23)cc1. The Labute approximate surface area is 302 Å². The first-order chi connectivity index (χ1) is 26.2. The predicted molar refractivity (Wildman–Crippen MR) is 213 cm³/mol. The average molecular weight is 685 g/mol. The van der Waals surface area contributed by atoms with Crippen LogP contribution in [0.4, 0.5) is 34.3 Å². The Bertz CT molecular complexity index is 2930. The molecule has 0 aliphatic carbocycles. The molecule has 0 amide bonds. The Morgan fingerprint density at radius 3 is 1.32 bits per heavy atom. The molecule has 7 heteroatoms. The van der Waals surface area contributed by atoms with Gasteiger partial charge < -0.3 is 18.2 Å². The number of fused-ring (bicyclic) bond motifs is 9. The molecule has 4 aromatic heterocycles. The number of anilines is 6. The maximum atomic E-state index is 6.60. The summed E-state index contributed by atoms with van der Waals surface area (Å²) in [6, 6.07) is 57.5. The standard InChI is InChI=1S/C46H28N4O3/c1-3-11-29(12-4-1)49(31-19-22-36-34-15-7-9-17-39(34)51-41(36)25-31)32-21-24-38-43(26-32)53-44-28-45(47-48-46(38)44)50(30-13-5-2-6-14-30)33-20-23-37-35-16-8-10-18-40(35)52-42(37)27-33/h1-28H. The first-order valence-corrected chi connectivity index (χ1v) is 17.5. The first kappa shape index (κ1) is 29.4. The highest BCUT2D eigenvalue weighted by molar-refractivity contribution is 6.08. The Kier molecular flexibility index (Phi) is 6.42. The summed E-state index contributed by atoms with van der Waals surface area (Å²) < 4.78 is 19.2. The maximum absolute atomic E-state index is 6.60. The van der Waals surface area contributed by atoms with Gasteiger partial charge in [0.05, 0.1) is 5.69 Å². The van der Waals surface area contributed by atoms with E-state index in [1.807, 2.05) is 78.9 Å². The summed E-state index contributed by atoms with van der Waals surface area (Å²) in [7, 11) is 0. The van der Waals surface area contributed by atoms with Crippen LogP contribution < -0.4 is 9.80 Å². The molecule has 11 rings (SSSR count). The van der Waals surface area contributed by atoms with E-state index < -0.39 is 0 Å². The molecule has 0 atom stereocenters. The van der Waals surface area contributed by atoms with Crippen LogP contribution >= 0.6 is 0 Å². The molecule has 53 heavy (non-hydrogen) atoms. The number of nitrogens with zero attached hydrogens (tertiary/aromatic N) is 4. The van der Waals surface area contributed by atoms with E-state index in [0.717, 1.165) is 77.7 Å². The van der Waals surface area contributed by atoms with Gasteiger partial charge in [-0.15, -0.1) is 10.2 Å². The smallest absolute Gasteiger partial charge is 0.164 e. The molecule has 0 aliphatic heterocycles. The third kappa shape index (κ3) is 4.75. The highest BCUT2D eigenvalue weighted by Gasteiger charge is 2.21. The van der Waals surface area contributed by atoms with E-state index in [4.69, 9.17) is 23.4 Å². The molecular weight excluding hydrogens is 657 g/mol. The van der Waals surface area contributed by atoms with Crippen LogP contribution in [0.3, 0.4) is 0 Å². The van der Waals surface area contributed by atoms with E-state index in [1.165, 1.54) is 0 Å². The fourth-order valence-electron chi connectivity index (χ4n) is 7.51. The van der Waals surface area contributed by atoms with Crippen LogP contribution in [0.2, 0.25) is 0 Å². The van der Waals surface area contributed by atoms with E-state index in [1.54, 1.807) is 0 Å². The average Bonchev–Trinajstić information content (AvgIpc) is 3.89. The van der Waals surface area contributed by atoms with E-state index >= 15 is 0 Å². The third-order valence-corrected chi connectivity index (χ3v) is 9.94. The van der Waals surface area contributed by atoms with Gasteiger partial charge in [0, 0.05) is 73.9 Å². The highest BCUT2D eigenvalue weighted by atomic mass is 16.3. The molecule has 4 heterocycles. The lowest BCUT2D eigenvalue weighted by Gasteiger charge is -2.25. The Morgan fingerprint density at radius 2 is 0.736 bits per heavy atom. The second kappa shape index (κ2) is 11.6. The van der Waals surface area contributed by atoms with E-state index in [9.17, 15) is 0 Å². The number of hydrogen-bond donors (Lipinski definition) is 0. The van der Waals surface area contributed by atoms with Gasteiger partial charge in [0.25, 0.3) is 0 Å². The van der Waals surface area contributed by atoms with Gasteiger partial charge in [-0.1, -0.05) is 72.8 Å². The van der Waals surface area contributed by atoms with Crippen molar-refractivity contribution in [1.82, 2.24) is 10.2 Å². The van der Waals surface area contributed by atoms with E-state index in [0.29, 0.717) is 22.5 Å². The Hall–Kier alpha value is -7.38. The summed E-state index contributed by atoms with van der Waals surface area (Å²) in [5.41, 5.74) is 10.2. The molecule has 0 radical (unpaired) electrons.